The van der Waals surface area contributed by atoms with E-state index >= 15 is 0 Å². The van der Waals surface area contributed by atoms with Crippen LogP contribution >= 0.6 is 11.3 Å². The van der Waals surface area contributed by atoms with E-state index in [0.29, 0.717) is 28.2 Å². The Morgan fingerprint density at radius 3 is 2.54 bits per heavy atom. The van der Waals surface area contributed by atoms with Crippen LogP contribution in [0, 0.1) is 6.92 Å². The molecular formula is C20H19N3O2S. The molecule has 0 radical (unpaired) electrons. The van der Waals surface area contributed by atoms with Crippen LogP contribution in [0.5, 0.6) is 0 Å². The fourth-order valence-corrected chi connectivity index (χ4v) is 3.57. The van der Waals surface area contributed by atoms with Gasteiger partial charge in [-0.15, -0.1) is 11.3 Å². The highest BCUT2D eigenvalue weighted by atomic mass is 32.1. The fraction of sp³-hybridized carbons (Fsp3) is 0.150. The van der Waals surface area contributed by atoms with E-state index in [1.54, 1.807) is 31.3 Å². The number of aryl methyl sites for hydroxylation is 1. The van der Waals surface area contributed by atoms with Crippen molar-refractivity contribution in [3.05, 3.63) is 81.3 Å². The molecule has 0 saturated carbocycles. The molecule has 0 unspecified atom stereocenters. The van der Waals surface area contributed by atoms with Gasteiger partial charge >= 0.3 is 0 Å². The molecule has 0 saturated heterocycles. The second-order valence-corrected chi connectivity index (χ2v) is 6.88. The van der Waals surface area contributed by atoms with Crippen molar-refractivity contribution in [2.75, 3.05) is 12.4 Å². The summed E-state index contributed by atoms with van der Waals surface area (Å²) in [4.78, 5) is 29.4. The van der Waals surface area contributed by atoms with E-state index in [2.05, 4.69) is 15.6 Å². The predicted octanol–water partition coefficient (Wildman–Crippen LogP) is 3.65. The quantitative estimate of drug-likeness (QED) is 0.725. The Morgan fingerprint density at radius 1 is 1.04 bits per heavy atom. The summed E-state index contributed by atoms with van der Waals surface area (Å²) in [6.45, 7) is 1.83. The van der Waals surface area contributed by atoms with E-state index in [1.807, 2.05) is 37.3 Å². The number of hydrogen-bond donors (Lipinski definition) is 2. The minimum Gasteiger partial charge on any atom is -0.355 e. The Bertz CT molecular complexity index is 935. The van der Waals surface area contributed by atoms with Crippen molar-refractivity contribution in [2.24, 2.45) is 0 Å². The summed E-state index contributed by atoms with van der Waals surface area (Å²) in [5.41, 5.74) is 2.94. The lowest BCUT2D eigenvalue weighted by Crippen LogP contribution is -2.18. The lowest BCUT2D eigenvalue weighted by Gasteiger charge is -2.06. The van der Waals surface area contributed by atoms with Gasteiger partial charge in [-0.2, -0.15) is 0 Å². The van der Waals surface area contributed by atoms with Gasteiger partial charge < -0.3 is 10.6 Å². The summed E-state index contributed by atoms with van der Waals surface area (Å²) in [7, 11) is 1.57. The van der Waals surface area contributed by atoms with Crippen molar-refractivity contribution in [2.45, 2.75) is 13.3 Å². The molecule has 0 aliphatic rings. The van der Waals surface area contributed by atoms with Gasteiger partial charge in [0.25, 0.3) is 11.8 Å². The first-order chi connectivity index (χ1) is 12.6. The molecule has 1 aromatic heterocycles. The zero-order valence-corrected chi connectivity index (χ0v) is 15.4. The van der Waals surface area contributed by atoms with Crippen LogP contribution in [-0.2, 0) is 6.42 Å². The minimum atomic E-state index is -0.214. The summed E-state index contributed by atoms with van der Waals surface area (Å²) in [5.74, 6) is -0.409. The van der Waals surface area contributed by atoms with Crippen molar-refractivity contribution in [3.8, 4) is 0 Å². The number of thiazole rings is 1. The number of hydrogen-bond acceptors (Lipinski definition) is 4. The zero-order valence-electron chi connectivity index (χ0n) is 14.6. The molecule has 1 heterocycles. The number of carbonyl (C=O) groups is 2. The minimum absolute atomic E-state index is 0.194. The van der Waals surface area contributed by atoms with Crippen LogP contribution in [0.4, 0.5) is 5.69 Å². The van der Waals surface area contributed by atoms with Crippen molar-refractivity contribution < 1.29 is 9.59 Å². The van der Waals surface area contributed by atoms with Crippen molar-refractivity contribution in [1.29, 1.82) is 0 Å². The van der Waals surface area contributed by atoms with Crippen molar-refractivity contribution in [3.63, 3.8) is 0 Å². The molecule has 0 fully saturated rings. The topological polar surface area (TPSA) is 71.1 Å². The number of anilines is 1. The first kappa shape index (κ1) is 17.8. The van der Waals surface area contributed by atoms with Gasteiger partial charge in [0.15, 0.2) is 0 Å². The molecule has 5 nitrogen and oxygen atoms in total. The van der Waals surface area contributed by atoms with Gasteiger partial charge in [-0.25, -0.2) is 4.98 Å². The van der Waals surface area contributed by atoms with Crippen LogP contribution < -0.4 is 10.6 Å². The summed E-state index contributed by atoms with van der Waals surface area (Å²) in [6, 6.07) is 16.9. The van der Waals surface area contributed by atoms with E-state index in [0.717, 1.165) is 10.6 Å². The second-order valence-electron chi connectivity index (χ2n) is 5.80. The molecule has 26 heavy (non-hydrogen) atoms. The molecule has 0 aliphatic carbocycles. The number of carbonyl (C=O) groups excluding carboxylic acids is 2. The molecule has 132 valence electrons. The number of rotatable bonds is 5. The SMILES string of the molecule is CNC(=O)c1cccc(NC(=O)c2sc(Cc3ccccc3)nc2C)c1. The highest BCUT2D eigenvalue weighted by molar-refractivity contribution is 7.14. The Kier molecular flexibility index (Phi) is 5.43. The lowest BCUT2D eigenvalue weighted by atomic mass is 10.2. The average molecular weight is 365 g/mol. The average Bonchev–Trinajstić information content (AvgIpc) is 3.02. The predicted molar refractivity (Wildman–Crippen MR) is 104 cm³/mol. The third-order valence-electron chi connectivity index (χ3n) is 3.85. The Labute approximate surface area is 156 Å². The Hall–Kier alpha value is -2.99. The van der Waals surface area contributed by atoms with Crippen LogP contribution in [0.3, 0.4) is 0 Å². The molecule has 3 aromatic rings. The largest absolute Gasteiger partial charge is 0.355 e. The van der Waals surface area contributed by atoms with Gasteiger partial charge in [-0.05, 0) is 30.7 Å². The first-order valence-electron chi connectivity index (χ1n) is 8.20. The molecular weight excluding hydrogens is 346 g/mol. The molecule has 0 aliphatic heterocycles. The summed E-state index contributed by atoms with van der Waals surface area (Å²) >= 11 is 1.39. The summed E-state index contributed by atoms with van der Waals surface area (Å²) < 4.78 is 0. The van der Waals surface area contributed by atoms with E-state index < -0.39 is 0 Å². The molecule has 3 rings (SSSR count). The number of amides is 2. The fourth-order valence-electron chi connectivity index (χ4n) is 2.58. The third-order valence-corrected chi connectivity index (χ3v) is 5.01. The number of nitrogens with one attached hydrogen (secondary N) is 2. The van der Waals surface area contributed by atoms with Gasteiger partial charge in [0, 0.05) is 24.7 Å². The molecule has 0 spiro atoms. The molecule has 2 amide bonds. The van der Waals surface area contributed by atoms with Crippen LogP contribution in [0.15, 0.2) is 54.6 Å². The van der Waals surface area contributed by atoms with Gasteiger partial charge in [0.2, 0.25) is 0 Å². The highest BCUT2D eigenvalue weighted by Gasteiger charge is 2.16. The van der Waals surface area contributed by atoms with Crippen LogP contribution in [0.1, 0.15) is 36.3 Å². The number of nitrogens with zero attached hydrogens (tertiary/aromatic N) is 1. The van der Waals surface area contributed by atoms with E-state index in [9.17, 15) is 9.59 Å². The second kappa shape index (κ2) is 7.93. The molecule has 0 bridgehead atoms. The molecule has 2 N–H and O–H groups in total. The number of benzene rings is 2. The first-order valence-corrected chi connectivity index (χ1v) is 9.02. The maximum Gasteiger partial charge on any atom is 0.267 e. The van der Waals surface area contributed by atoms with E-state index in [4.69, 9.17) is 0 Å². The molecule has 0 atom stereocenters. The summed E-state index contributed by atoms with van der Waals surface area (Å²) in [5, 5.41) is 6.32. The normalized spacial score (nSPS) is 10.4. The zero-order chi connectivity index (χ0) is 18.5. The highest BCUT2D eigenvalue weighted by Crippen LogP contribution is 2.22. The number of aromatic nitrogens is 1. The van der Waals surface area contributed by atoms with Gasteiger partial charge in [-0.1, -0.05) is 36.4 Å². The monoisotopic (exact) mass is 365 g/mol. The van der Waals surface area contributed by atoms with Crippen LogP contribution in [0.25, 0.3) is 0 Å². The molecule has 2 aromatic carbocycles. The standard InChI is InChI=1S/C20H19N3O2S/c1-13-18(26-17(22-13)11-14-7-4-3-5-8-14)20(25)23-16-10-6-9-15(12-16)19(24)21-2/h3-10,12H,11H2,1-2H3,(H,21,24)(H,23,25). The Balaban J connectivity index is 1.75. The van der Waals surface area contributed by atoms with Gasteiger partial charge in [0.1, 0.15) is 4.88 Å². The maximum absolute atomic E-state index is 12.6. The van der Waals surface area contributed by atoms with Gasteiger partial charge in [-0.3, -0.25) is 9.59 Å². The third kappa shape index (κ3) is 4.15. The van der Waals surface area contributed by atoms with E-state index in [-0.39, 0.29) is 11.8 Å². The molecule has 6 heteroatoms. The van der Waals surface area contributed by atoms with Gasteiger partial charge in [0.05, 0.1) is 10.7 Å². The lowest BCUT2D eigenvalue weighted by molar-refractivity contribution is 0.0961. The van der Waals surface area contributed by atoms with Crippen LogP contribution in [-0.4, -0.2) is 23.8 Å². The maximum atomic E-state index is 12.6. The van der Waals surface area contributed by atoms with E-state index in [1.165, 1.54) is 11.3 Å². The smallest absolute Gasteiger partial charge is 0.267 e. The van der Waals surface area contributed by atoms with Crippen molar-refractivity contribution >= 4 is 28.8 Å². The van der Waals surface area contributed by atoms with Crippen LogP contribution in [0.2, 0.25) is 0 Å². The van der Waals surface area contributed by atoms with Crippen molar-refractivity contribution in [1.82, 2.24) is 10.3 Å². The summed E-state index contributed by atoms with van der Waals surface area (Å²) in [6.07, 6.45) is 0.700. The Morgan fingerprint density at radius 2 is 1.81 bits per heavy atom.